The first-order valence-electron chi connectivity index (χ1n) is 8.06. The summed E-state index contributed by atoms with van der Waals surface area (Å²) < 4.78 is 0. The predicted molar refractivity (Wildman–Crippen MR) is 81.7 cm³/mol. The molecule has 0 saturated heterocycles. The van der Waals surface area contributed by atoms with E-state index in [0.29, 0.717) is 24.3 Å². The van der Waals surface area contributed by atoms with Gasteiger partial charge in [-0.1, -0.05) is 25.5 Å². The quantitative estimate of drug-likeness (QED) is 0.740. The molecule has 2 rings (SSSR count). The fourth-order valence-electron chi connectivity index (χ4n) is 3.43. The largest absolute Gasteiger partial charge is 0.481 e. The zero-order chi connectivity index (χ0) is 15.6. The molecular weight excluding hydrogens is 266 g/mol. The second-order valence-electron chi connectivity index (χ2n) is 7.03. The molecule has 3 atom stereocenters. The summed E-state index contributed by atoms with van der Waals surface area (Å²) in [5, 5.41) is 12.1. The lowest BCUT2D eigenvalue weighted by molar-refractivity contribution is -0.138. The summed E-state index contributed by atoms with van der Waals surface area (Å²) in [7, 11) is 0. The van der Waals surface area contributed by atoms with Crippen molar-refractivity contribution in [2.75, 3.05) is 6.54 Å². The summed E-state index contributed by atoms with van der Waals surface area (Å²) in [5.41, 5.74) is 1.17. The van der Waals surface area contributed by atoms with E-state index >= 15 is 0 Å². The summed E-state index contributed by atoms with van der Waals surface area (Å²) in [6, 6.07) is 0. The highest BCUT2D eigenvalue weighted by molar-refractivity contribution is 5.80. The van der Waals surface area contributed by atoms with E-state index < -0.39 is 5.97 Å². The summed E-state index contributed by atoms with van der Waals surface area (Å²) in [6.45, 7) is 7.09. The lowest BCUT2D eigenvalue weighted by atomic mass is 9.70. The summed E-state index contributed by atoms with van der Waals surface area (Å²) in [5.74, 6) is 1.12. The number of hydrogen-bond acceptors (Lipinski definition) is 2. The van der Waals surface area contributed by atoms with Gasteiger partial charge in [0.1, 0.15) is 0 Å². The molecule has 1 amide bonds. The Morgan fingerprint density at radius 2 is 2.05 bits per heavy atom. The van der Waals surface area contributed by atoms with Crippen LogP contribution < -0.4 is 5.32 Å². The second kappa shape index (κ2) is 6.63. The highest BCUT2D eigenvalue weighted by Crippen LogP contribution is 2.39. The standard InChI is InChI=1S/C17H27NO3/c1-10(2)15-7-13(8-16(19)20)11(3)6-14(15)9-18-17(21)12-4-5-12/h6,10,12-15H,4-5,7-9H2,1-3H3,(H,18,21)(H,19,20). The van der Waals surface area contributed by atoms with Crippen LogP contribution in [0.5, 0.6) is 0 Å². The molecule has 0 aromatic heterocycles. The van der Waals surface area contributed by atoms with Crippen LogP contribution in [0.3, 0.4) is 0 Å². The maximum atomic E-state index is 11.8. The summed E-state index contributed by atoms with van der Waals surface area (Å²) in [4.78, 5) is 22.8. The molecule has 0 radical (unpaired) electrons. The molecule has 0 aromatic carbocycles. The van der Waals surface area contributed by atoms with Gasteiger partial charge in [0.15, 0.2) is 0 Å². The minimum atomic E-state index is -0.726. The Kier molecular flexibility index (Phi) is 5.07. The van der Waals surface area contributed by atoms with E-state index in [1.165, 1.54) is 5.57 Å². The van der Waals surface area contributed by atoms with Gasteiger partial charge in [0, 0.05) is 12.5 Å². The lowest BCUT2D eigenvalue weighted by Gasteiger charge is -2.36. The van der Waals surface area contributed by atoms with Crippen molar-refractivity contribution in [2.24, 2.45) is 29.6 Å². The van der Waals surface area contributed by atoms with Crippen LogP contribution in [0.15, 0.2) is 11.6 Å². The molecule has 4 nitrogen and oxygen atoms in total. The van der Waals surface area contributed by atoms with Gasteiger partial charge in [0.25, 0.3) is 0 Å². The molecule has 0 aliphatic heterocycles. The van der Waals surface area contributed by atoms with Gasteiger partial charge in [-0.05, 0) is 49.9 Å². The molecule has 2 N–H and O–H groups in total. The highest BCUT2D eigenvalue weighted by atomic mass is 16.4. The minimum absolute atomic E-state index is 0.144. The van der Waals surface area contributed by atoms with Crippen LogP contribution in [-0.2, 0) is 9.59 Å². The first kappa shape index (κ1) is 16.1. The molecule has 1 fully saturated rings. The van der Waals surface area contributed by atoms with Crippen LogP contribution in [-0.4, -0.2) is 23.5 Å². The van der Waals surface area contributed by atoms with Crippen molar-refractivity contribution in [3.8, 4) is 0 Å². The van der Waals surface area contributed by atoms with E-state index in [-0.39, 0.29) is 24.2 Å². The van der Waals surface area contributed by atoms with Gasteiger partial charge in [-0.3, -0.25) is 9.59 Å². The Balaban J connectivity index is 2.00. The van der Waals surface area contributed by atoms with Crippen LogP contribution in [0.2, 0.25) is 0 Å². The molecule has 1 saturated carbocycles. The molecule has 0 heterocycles. The van der Waals surface area contributed by atoms with Crippen molar-refractivity contribution in [2.45, 2.75) is 46.5 Å². The van der Waals surface area contributed by atoms with Crippen molar-refractivity contribution in [1.82, 2.24) is 5.32 Å². The van der Waals surface area contributed by atoms with Crippen LogP contribution in [0.1, 0.15) is 46.5 Å². The van der Waals surface area contributed by atoms with Crippen LogP contribution in [0.4, 0.5) is 0 Å². The van der Waals surface area contributed by atoms with E-state index in [0.717, 1.165) is 19.3 Å². The van der Waals surface area contributed by atoms with Crippen molar-refractivity contribution >= 4 is 11.9 Å². The SMILES string of the molecule is CC1=CC(CNC(=O)C2CC2)C(C(C)C)CC1CC(=O)O. The maximum Gasteiger partial charge on any atom is 0.303 e. The zero-order valence-corrected chi connectivity index (χ0v) is 13.3. The molecule has 0 bridgehead atoms. The molecular formula is C17H27NO3. The van der Waals surface area contributed by atoms with E-state index in [1.807, 2.05) is 6.92 Å². The number of allylic oxidation sites excluding steroid dienone is 1. The van der Waals surface area contributed by atoms with Gasteiger partial charge in [-0.2, -0.15) is 0 Å². The third-order valence-electron chi connectivity index (χ3n) is 4.97. The monoisotopic (exact) mass is 293 g/mol. The average molecular weight is 293 g/mol. The molecule has 3 unspecified atom stereocenters. The number of aliphatic carboxylic acids is 1. The van der Waals surface area contributed by atoms with Gasteiger partial charge in [0.05, 0.1) is 6.42 Å². The Labute approximate surface area is 127 Å². The molecule has 2 aliphatic carbocycles. The summed E-state index contributed by atoms with van der Waals surface area (Å²) in [6.07, 6.45) is 5.39. The van der Waals surface area contributed by atoms with Crippen LogP contribution in [0.25, 0.3) is 0 Å². The van der Waals surface area contributed by atoms with Crippen LogP contribution in [0, 0.1) is 29.6 Å². The van der Waals surface area contributed by atoms with Gasteiger partial charge in [0.2, 0.25) is 5.91 Å². The minimum Gasteiger partial charge on any atom is -0.481 e. The first-order valence-corrected chi connectivity index (χ1v) is 8.06. The second-order valence-corrected chi connectivity index (χ2v) is 7.03. The average Bonchev–Trinajstić information content (AvgIpc) is 3.22. The predicted octanol–water partition coefficient (Wildman–Crippen LogP) is 2.84. The van der Waals surface area contributed by atoms with Crippen molar-refractivity contribution in [1.29, 1.82) is 0 Å². The Morgan fingerprint density at radius 1 is 1.38 bits per heavy atom. The number of rotatable bonds is 6. The van der Waals surface area contributed by atoms with E-state index in [4.69, 9.17) is 5.11 Å². The van der Waals surface area contributed by atoms with Gasteiger partial charge < -0.3 is 10.4 Å². The van der Waals surface area contributed by atoms with E-state index in [1.54, 1.807) is 0 Å². The van der Waals surface area contributed by atoms with Crippen molar-refractivity contribution < 1.29 is 14.7 Å². The van der Waals surface area contributed by atoms with Gasteiger partial charge in [-0.25, -0.2) is 0 Å². The van der Waals surface area contributed by atoms with E-state index in [9.17, 15) is 9.59 Å². The highest BCUT2D eigenvalue weighted by Gasteiger charge is 2.34. The van der Waals surface area contributed by atoms with Crippen molar-refractivity contribution in [3.05, 3.63) is 11.6 Å². The number of hydrogen-bond donors (Lipinski definition) is 2. The molecule has 0 aromatic rings. The smallest absolute Gasteiger partial charge is 0.303 e. The fourth-order valence-corrected chi connectivity index (χ4v) is 3.43. The molecule has 2 aliphatic rings. The Hall–Kier alpha value is -1.32. The molecule has 4 heteroatoms. The first-order chi connectivity index (χ1) is 9.88. The number of carboxylic acids is 1. The summed E-state index contributed by atoms with van der Waals surface area (Å²) >= 11 is 0. The van der Waals surface area contributed by atoms with Crippen molar-refractivity contribution in [3.63, 3.8) is 0 Å². The van der Waals surface area contributed by atoms with Gasteiger partial charge in [-0.15, -0.1) is 0 Å². The van der Waals surface area contributed by atoms with E-state index in [2.05, 4.69) is 25.2 Å². The Bertz CT molecular complexity index is 437. The Morgan fingerprint density at radius 3 is 2.57 bits per heavy atom. The zero-order valence-electron chi connectivity index (χ0n) is 13.3. The van der Waals surface area contributed by atoms with Gasteiger partial charge >= 0.3 is 5.97 Å². The number of nitrogens with one attached hydrogen (secondary N) is 1. The molecule has 118 valence electrons. The lowest BCUT2D eigenvalue weighted by Crippen LogP contribution is -2.37. The number of carboxylic acid groups (broad SMARTS) is 1. The third kappa shape index (κ3) is 4.32. The third-order valence-corrected chi connectivity index (χ3v) is 4.97. The van der Waals surface area contributed by atoms with Crippen LogP contribution >= 0.6 is 0 Å². The normalized spacial score (nSPS) is 29.1. The number of carbonyl (C=O) groups is 2. The fraction of sp³-hybridized carbons (Fsp3) is 0.765. The molecule has 21 heavy (non-hydrogen) atoms. The topological polar surface area (TPSA) is 66.4 Å². The number of carbonyl (C=O) groups excluding carboxylic acids is 1. The molecule has 0 spiro atoms. The maximum absolute atomic E-state index is 11.8. The number of amides is 1.